The van der Waals surface area contributed by atoms with Crippen LogP contribution >= 0.6 is 15.9 Å². The van der Waals surface area contributed by atoms with Gasteiger partial charge in [-0.05, 0) is 38.0 Å². The highest BCUT2D eigenvalue weighted by atomic mass is 79.9. The number of nitrogens with zero attached hydrogens (tertiary/aromatic N) is 2. The lowest BCUT2D eigenvalue weighted by Crippen LogP contribution is -2.39. The minimum absolute atomic E-state index is 0.252. The van der Waals surface area contributed by atoms with Crippen LogP contribution in [-0.4, -0.2) is 25.2 Å². The first kappa shape index (κ1) is 14.4. The van der Waals surface area contributed by atoms with Gasteiger partial charge in [0.25, 0.3) is 0 Å². The van der Waals surface area contributed by atoms with Crippen LogP contribution < -0.4 is 10.2 Å². The van der Waals surface area contributed by atoms with Crippen molar-refractivity contribution in [2.24, 2.45) is 0 Å². The normalized spacial score (nSPS) is 23.8. The van der Waals surface area contributed by atoms with Crippen LogP contribution in [0.4, 0.5) is 5.69 Å². The predicted molar refractivity (Wildman–Crippen MR) is 82.3 cm³/mol. The molecule has 0 radical (unpaired) electrons. The smallest absolute Gasteiger partial charge is 0.0638 e. The van der Waals surface area contributed by atoms with Crippen LogP contribution in [0.5, 0.6) is 0 Å². The van der Waals surface area contributed by atoms with E-state index in [4.69, 9.17) is 5.26 Å². The summed E-state index contributed by atoms with van der Waals surface area (Å²) in [5.74, 6) is 0. The Morgan fingerprint density at radius 3 is 3.00 bits per heavy atom. The number of aryl methyl sites for hydroxylation is 1. The molecular weight excluding hydrogens is 302 g/mol. The molecule has 1 aromatic carbocycles. The van der Waals surface area contributed by atoms with Crippen molar-refractivity contribution in [1.29, 1.82) is 5.26 Å². The first-order chi connectivity index (χ1) is 9.10. The Hall–Kier alpha value is -1.05. The number of nitrogens with one attached hydrogen (secondary N) is 1. The zero-order valence-electron chi connectivity index (χ0n) is 11.5. The molecule has 0 spiro atoms. The maximum atomic E-state index is 8.92. The third kappa shape index (κ3) is 3.71. The van der Waals surface area contributed by atoms with Crippen molar-refractivity contribution in [3.63, 3.8) is 0 Å². The Morgan fingerprint density at radius 2 is 2.32 bits per heavy atom. The van der Waals surface area contributed by atoms with Gasteiger partial charge in [0, 0.05) is 35.3 Å². The van der Waals surface area contributed by atoms with Crippen LogP contribution in [0.15, 0.2) is 22.7 Å². The van der Waals surface area contributed by atoms with Gasteiger partial charge in [-0.3, -0.25) is 0 Å². The molecule has 0 amide bonds. The largest absolute Gasteiger partial charge is 0.370 e. The highest BCUT2D eigenvalue weighted by molar-refractivity contribution is 9.10. The van der Waals surface area contributed by atoms with E-state index in [1.807, 2.05) is 0 Å². The lowest BCUT2D eigenvalue weighted by Gasteiger charge is -2.26. The SMILES string of the molecule is Cc1ccc(N2CCC(C)NC(CC#N)C2)cc1Br. The number of hydrogen-bond acceptors (Lipinski definition) is 3. The minimum atomic E-state index is 0.252. The van der Waals surface area contributed by atoms with Crippen LogP contribution in [0.25, 0.3) is 0 Å². The summed E-state index contributed by atoms with van der Waals surface area (Å²) >= 11 is 3.60. The molecule has 1 fully saturated rings. The maximum Gasteiger partial charge on any atom is 0.0638 e. The van der Waals surface area contributed by atoms with E-state index in [0.717, 1.165) is 24.0 Å². The van der Waals surface area contributed by atoms with E-state index >= 15 is 0 Å². The molecule has 1 saturated heterocycles. The molecule has 19 heavy (non-hydrogen) atoms. The highest BCUT2D eigenvalue weighted by Gasteiger charge is 2.21. The second-order valence-electron chi connectivity index (χ2n) is 5.30. The number of rotatable bonds is 2. The summed E-state index contributed by atoms with van der Waals surface area (Å²) in [4.78, 5) is 2.38. The summed E-state index contributed by atoms with van der Waals surface area (Å²) in [5, 5.41) is 12.4. The molecule has 1 heterocycles. The van der Waals surface area contributed by atoms with E-state index in [0.29, 0.717) is 12.5 Å². The van der Waals surface area contributed by atoms with Crippen LogP contribution in [-0.2, 0) is 0 Å². The molecule has 102 valence electrons. The molecule has 2 atom stereocenters. The Morgan fingerprint density at radius 1 is 1.53 bits per heavy atom. The van der Waals surface area contributed by atoms with Crippen LogP contribution in [0, 0.1) is 18.3 Å². The van der Waals surface area contributed by atoms with Gasteiger partial charge in [0.1, 0.15) is 0 Å². The monoisotopic (exact) mass is 321 g/mol. The average Bonchev–Trinajstić information content (AvgIpc) is 2.55. The second kappa shape index (κ2) is 6.40. The van der Waals surface area contributed by atoms with E-state index in [1.165, 1.54) is 11.3 Å². The number of hydrogen-bond donors (Lipinski definition) is 1. The fraction of sp³-hybridized carbons (Fsp3) is 0.533. The number of nitriles is 1. The van der Waals surface area contributed by atoms with E-state index in [2.05, 4.69) is 64.3 Å². The second-order valence-corrected chi connectivity index (χ2v) is 6.15. The fourth-order valence-corrected chi connectivity index (χ4v) is 2.86. The molecule has 3 nitrogen and oxygen atoms in total. The van der Waals surface area contributed by atoms with Gasteiger partial charge in [-0.15, -0.1) is 0 Å². The first-order valence-electron chi connectivity index (χ1n) is 6.74. The molecule has 1 N–H and O–H groups in total. The third-order valence-electron chi connectivity index (χ3n) is 3.65. The van der Waals surface area contributed by atoms with Gasteiger partial charge in [-0.25, -0.2) is 0 Å². The lowest BCUT2D eigenvalue weighted by molar-refractivity contribution is 0.473. The van der Waals surface area contributed by atoms with Crippen LogP contribution in [0.3, 0.4) is 0 Å². The maximum absolute atomic E-state index is 8.92. The zero-order valence-corrected chi connectivity index (χ0v) is 13.1. The van der Waals surface area contributed by atoms with E-state index < -0.39 is 0 Å². The Labute approximate surface area is 123 Å². The van der Waals surface area contributed by atoms with E-state index in [-0.39, 0.29) is 6.04 Å². The van der Waals surface area contributed by atoms with Crippen molar-refractivity contribution in [1.82, 2.24) is 5.32 Å². The minimum Gasteiger partial charge on any atom is -0.370 e. The van der Waals surface area contributed by atoms with Crippen molar-refractivity contribution in [3.05, 3.63) is 28.2 Å². The first-order valence-corrected chi connectivity index (χ1v) is 7.53. The van der Waals surface area contributed by atoms with Crippen molar-refractivity contribution in [2.75, 3.05) is 18.0 Å². The van der Waals surface area contributed by atoms with Crippen LogP contribution in [0.1, 0.15) is 25.3 Å². The van der Waals surface area contributed by atoms with Crippen LogP contribution in [0.2, 0.25) is 0 Å². The molecule has 1 aliphatic rings. The summed E-state index contributed by atoms with van der Waals surface area (Å²) in [5.41, 5.74) is 2.48. The third-order valence-corrected chi connectivity index (χ3v) is 4.51. The summed E-state index contributed by atoms with van der Waals surface area (Å²) in [6.45, 7) is 6.22. The van der Waals surface area contributed by atoms with Crippen molar-refractivity contribution < 1.29 is 0 Å². The Balaban J connectivity index is 2.17. The van der Waals surface area contributed by atoms with Gasteiger partial charge < -0.3 is 10.2 Å². The van der Waals surface area contributed by atoms with Gasteiger partial charge in [0.15, 0.2) is 0 Å². The standard InChI is InChI=1S/C15H20BrN3/c1-11-3-4-14(9-15(11)16)19-8-6-12(2)18-13(10-19)5-7-17/h3-4,9,12-13,18H,5-6,8,10H2,1-2H3. The molecule has 4 heteroatoms. The molecule has 0 aromatic heterocycles. The van der Waals surface area contributed by atoms with Crippen molar-refractivity contribution >= 4 is 21.6 Å². The summed E-state index contributed by atoms with van der Waals surface area (Å²) < 4.78 is 1.15. The lowest BCUT2D eigenvalue weighted by atomic mass is 10.1. The molecule has 0 bridgehead atoms. The molecule has 0 saturated carbocycles. The molecule has 2 unspecified atom stereocenters. The predicted octanol–water partition coefficient (Wildman–Crippen LogP) is 3.23. The number of anilines is 1. The molecular formula is C15H20BrN3. The topological polar surface area (TPSA) is 39.1 Å². The van der Waals surface area contributed by atoms with E-state index in [9.17, 15) is 0 Å². The van der Waals surface area contributed by atoms with E-state index in [1.54, 1.807) is 0 Å². The molecule has 1 aliphatic heterocycles. The van der Waals surface area contributed by atoms with Crippen molar-refractivity contribution in [2.45, 2.75) is 38.8 Å². The summed E-state index contributed by atoms with van der Waals surface area (Å²) in [7, 11) is 0. The number of halogens is 1. The van der Waals surface area contributed by atoms with Gasteiger partial charge in [-0.2, -0.15) is 5.26 Å². The van der Waals surface area contributed by atoms with Crippen molar-refractivity contribution in [3.8, 4) is 6.07 Å². The molecule has 2 rings (SSSR count). The highest BCUT2D eigenvalue weighted by Crippen LogP contribution is 2.25. The summed E-state index contributed by atoms with van der Waals surface area (Å²) in [6, 6.07) is 9.48. The average molecular weight is 322 g/mol. The fourth-order valence-electron chi connectivity index (χ4n) is 2.49. The van der Waals surface area contributed by atoms with Gasteiger partial charge in [-0.1, -0.05) is 22.0 Å². The molecule has 0 aliphatic carbocycles. The van der Waals surface area contributed by atoms with Gasteiger partial charge >= 0.3 is 0 Å². The summed E-state index contributed by atoms with van der Waals surface area (Å²) in [6.07, 6.45) is 1.67. The number of benzene rings is 1. The zero-order chi connectivity index (χ0) is 13.8. The Kier molecular flexibility index (Phi) is 4.84. The quantitative estimate of drug-likeness (QED) is 0.909. The van der Waals surface area contributed by atoms with Gasteiger partial charge in [0.2, 0.25) is 0 Å². The molecule has 1 aromatic rings. The van der Waals surface area contributed by atoms with Gasteiger partial charge in [0.05, 0.1) is 12.5 Å². The Bertz CT molecular complexity index is 481.